The van der Waals surface area contributed by atoms with Crippen molar-refractivity contribution in [3.05, 3.63) is 84.2 Å². The zero-order valence-corrected chi connectivity index (χ0v) is 27.0. The van der Waals surface area contributed by atoms with Gasteiger partial charge in [0, 0.05) is 16.3 Å². The molecule has 0 atom stereocenters. The van der Waals surface area contributed by atoms with Crippen LogP contribution in [-0.4, -0.2) is 60.1 Å². The van der Waals surface area contributed by atoms with Crippen molar-refractivity contribution in [1.82, 2.24) is 9.55 Å². The molecule has 2 heterocycles. The molecule has 0 saturated heterocycles. The first-order valence-electron chi connectivity index (χ1n) is 13.5. The Hall–Kier alpha value is -5.69. The maximum Gasteiger partial charge on any atom is 0.296 e. The summed E-state index contributed by atoms with van der Waals surface area (Å²) in [6, 6.07) is 16.9. The Kier molecular flexibility index (Phi) is 7.98. The molecule has 0 spiro atoms. The van der Waals surface area contributed by atoms with Gasteiger partial charge in [-0.1, -0.05) is 18.2 Å². The number of anilines is 1. The number of fused-ring (bicyclic) bond motifs is 4. The van der Waals surface area contributed by atoms with Crippen LogP contribution in [0.4, 0.5) is 17.1 Å². The van der Waals surface area contributed by atoms with E-state index in [0.29, 0.717) is 23.2 Å². The second kappa shape index (κ2) is 11.8. The second-order valence-electron chi connectivity index (χ2n) is 10.3. The molecular weight excluding hydrogens is 703 g/mol. The van der Waals surface area contributed by atoms with E-state index >= 15 is 0 Å². The van der Waals surface area contributed by atoms with Gasteiger partial charge in [-0.05, 0) is 61.5 Å². The first-order valence-corrected chi connectivity index (χ1v) is 17.8. The summed E-state index contributed by atoms with van der Waals surface area (Å²) in [6.45, 7) is 1.51. The number of nitrogens with one attached hydrogen (secondary N) is 1. The Bertz CT molecular complexity index is 2760. The molecule has 1 aromatic heterocycles. The number of hydrazone groups is 1. The van der Waals surface area contributed by atoms with Gasteiger partial charge in [0.2, 0.25) is 0 Å². The number of benzene rings is 4. The standard InChI is InChI=1S/C29H19N7O10S3/c1-15-20(14-30)28-31-23-4-2-3-5-25(23)36(28)29(37)27(15)35-33-22-10-9-21(18-8-6-16(12-19(18)22)47(38,39)40)32-34-24-13-17(48(41,42)43)7-11-26(24)49(44,45)46/h2-13,33H,1H3,(H,38,39,40)(H,41,42,43)(H,44,45,46)/b34-32+,35-27+. The molecule has 49 heavy (non-hydrogen) atoms. The lowest BCUT2D eigenvalue weighted by Gasteiger charge is -2.17. The van der Waals surface area contributed by atoms with E-state index in [4.69, 9.17) is 0 Å². The van der Waals surface area contributed by atoms with Crippen molar-refractivity contribution in [3.63, 3.8) is 0 Å². The Balaban J connectivity index is 1.48. The van der Waals surface area contributed by atoms with Crippen LogP contribution in [0.2, 0.25) is 0 Å². The SMILES string of the molecule is CC1=C(C#N)c2nc3ccccc3n2C(=O)/C1=N/Nc1ccc(/N=N/c2cc(S(=O)(=O)O)ccc2S(=O)(=O)O)c2ccc(S(=O)(=O)O)cc12. The Labute approximate surface area is 276 Å². The fourth-order valence-corrected chi connectivity index (χ4v) is 6.66. The molecule has 0 fully saturated rings. The highest BCUT2D eigenvalue weighted by atomic mass is 32.2. The van der Waals surface area contributed by atoms with Gasteiger partial charge in [-0.25, -0.2) is 4.98 Å². The highest BCUT2D eigenvalue weighted by molar-refractivity contribution is 7.86. The highest BCUT2D eigenvalue weighted by Gasteiger charge is 2.32. The monoisotopic (exact) mass is 721 g/mol. The zero-order chi connectivity index (χ0) is 35.5. The van der Waals surface area contributed by atoms with Crippen LogP contribution in [0.5, 0.6) is 0 Å². The Morgan fingerprint density at radius 1 is 0.796 bits per heavy atom. The first-order chi connectivity index (χ1) is 23.0. The third kappa shape index (κ3) is 6.08. The molecule has 0 radical (unpaired) electrons. The van der Waals surface area contributed by atoms with E-state index < -0.39 is 56.6 Å². The van der Waals surface area contributed by atoms with E-state index in [-0.39, 0.29) is 44.8 Å². The summed E-state index contributed by atoms with van der Waals surface area (Å²) < 4.78 is 101. The van der Waals surface area contributed by atoms with Crippen molar-refractivity contribution in [1.29, 1.82) is 5.26 Å². The lowest BCUT2D eigenvalue weighted by molar-refractivity contribution is 0.0992. The molecular formula is C29H19N7O10S3. The van der Waals surface area contributed by atoms with Crippen molar-refractivity contribution in [2.45, 2.75) is 21.6 Å². The van der Waals surface area contributed by atoms with Gasteiger partial charge in [-0.15, -0.1) is 10.2 Å². The second-order valence-corrected chi connectivity index (χ2v) is 14.6. The average molecular weight is 722 g/mol. The molecule has 0 unspecified atom stereocenters. The summed E-state index contributed by atoms with van der Waals surface area (Å²) in [5.74, 6) is -0.467. The van der Waals surface area contributed by atoms with Gasteiger partial charge in [-0.2, -0.15) is 35.6 Å². The lowest BCUT2D eigenvalue weighted by atomic mass is 10.0. The molecule has 0 bridgehead atoms. The van der Waals surface area contributed by atoms with Gasteiger partial charge < -0.3 is 0 Å². The fraction of sp³-hybridized carbons (Fsp3) is 0.0345. The average Bonchev–Trinajstić information content (AvgIpc) is 3.42. The molecule has 0 aliphatic carbocycles. The van der Waals surface area contributed by atoms with E-state index in [0.717, 1.165) is 18.2 Å². The molecule has 1 aliphatic heterocycles. The van der Waals surface area contributed by atoms with Crippen LogP contribution in [0.3, 0.4) is 0 Å². The summed E-state index contributed by atoms with van der Waals surface area (Å²) in [5, 5.41) is 22.1. The van der Waals surface area contributed by atoms with Crippen molar-refractivity contribution in [2.75, 3.05) is 5.43 Å². The largest absolute Gasteiger partial charge is 0.296 e. The predicted octanol–water partition coefficient (Wildman–Crippen LogP) is 4.76. The number of carbonyl (C=O) groups is 1. The zero-order valence-electron chi connectivity index (χ0n) is 24.5. The predicted molar refractivity (Wildman–Crippen MR) is 174 cm³/mol. The van der Waals surface area contributed by atoms with Crippen LogP contribution in [0, 0.1) is 11.3 Å². The van der Waals surface area contributed by atoms with Gasteiger partial charge >= 0.3 is 0 Å². The quantitative estimate of drug-likeness (QED) is 0.100. The van der Waals surface area contributed by atoms with Crippen molar-refractivity contribution in [3.8, 4) is 6.07 Å². The minimum absolute atomic E-state index is 0.0419. The topological polar surface area (TPSA) is 271 Å². The van der Waals surface area contributed by atoms with Gasteiger partial charge in [0.05, 0.1) is 32.2 Å². The molecule has 5 aromatic rings. The van der Waals surface area contributed by atoms with E-state index in [1.165, 1.54) is 29.7 Å². The van der Waals surface area contributed by atoms with Gasteiger partial charge in [0.25, 0.3) is 36.3 Å². The fourth-order valence-electron chi connectivity index (χ4n) is 5.05. The summed E-state index contributed by atoms with van der Waals surface area (Å²) in [6.07, 6.45) is 0. The summed E-state index contributed by atoms with van der Waals surface area (Å²) >= 11 is 0. The van der Waals surface area contributed by atoms with E-state index in [1.807, 2.05) is 0 Å². The van der Waals surface area contributed by atoms with Crippen LogP contribution in [-0.2, 0) is 30.4 Å². The van der Waals surface area contributed by atoms with E-state index in [9.17, 15) is 49.0 Å². The van der Waals surface area contributed by atoms with E-state index in [2.05, 4.69) is 31.8 Å². The minimum atomic E-state index is -4.94. The number of carbonyl (C=O) groups excluding carboxylic acids is 1. The smallest absolute Gasteiger partial charge is 0.282 e. The number of allylic oxidation sites excluding steroid dienone is 2. The van der Waals surface area contributed by atoms with Gasteiger partial charge in [0.15, 0.2) is 11.5 Å². The summed E-state index contributed by atoms with van der Waals surface area (Å²) in [7, 11) is -14.5. The maximum absolute atomic E-state index is 13.6. The van der Waals surface area contributed by atoms with Crippen LogP contribution in [0.1, 0.15) is 17.5 Å². The normalized spacial score (nSPS) is 14.9. The van der Waals surface area contributed by atoms with Crippen molar-refractivity contribution < 1.29 is 43.7 Å². The van der Waals surface area contributed by atoms with Gasteiger partial charge in [-0.3, -0.25) is 28.4 Å². The third-order valence-electron chi connectivity index (χ3n) is 7.35. The number of para-hydroxylation sites is 2. The minimum Gasteiger partial charge on any atom is -0.282 e. The first kappa shape index (κ1) is 33.2. The van der Waals surface area contributed by atoms with Crippen LogP contribution in [0.15, 0.2) is 108 Å². The molecule has 0 amide bonds. The molecule has 4 aromatic carbocycles. The summed E-state index contributed by atoms with van der Waals surface area (Å²) in [4.78, 5) is 15.9. The highest BCUT2D eigenvalue weighted by Crippen LogP contribution is 2.37. The van der Waals surface area contributed by atoms with Crippen LogP contribution >= 0.6 is 0 Å². The number of imidazole rings is 1. The number of nitriles is 1. The van der Waals surface area contributed by atoms with Crippen LogP contribution < -0.4 is 5.43 Å². The molecule has 4 N–H and O–H groups in total. The molecule has 6 rings (SSSR count). The molecule has 0 saturated carbocycles. The number of aromatic nitrogens is 2. The number of rotatable bonds is 7. The maximum atomic E-state index is 13.6. The molecule has 1 aliphatic rings. The Morgan fingerprint density at radius 2 is 1.45 bits per heavy atom. The summed E-state index contributed by atoms with van der Waals surface area (Å²) in [5.41, 5.74) is 3.13. The molecule has 20 heteroatoms. The number of nitrogens with zero attached hydrogens (tertiary/aromatic N) is 6. The number of hydrogen-bond acceptors (Lipinski definition) is 13. The number of hydrogen-bond donors (Lipinski definition) is 4. The third-order valence-corrected chi connectivity index (χ3v) is 9.96. The lowest BCUT2D eigenvalue weighted by Crippen LogP contribution is -2.30. The van der Waals surface area contributed by atoms with Gasteiger partial charge in [0.1, 0.15) is 22.2 Å². The molecule has 248 valence electrons. The van der Waals surface area contributed by atoms with Crippen LogP contribution in [0.25, 0.3) is 27.4 Å². The number of azo groups is 1. The Morgan fingerprint density at radius 3 is 2.12 bits per heavy atom. The van der Waals surface area contributed by atoms with Crippen molar-refractivity contribution in [2.24, 2.45) is 15.3 Å². The molecule has 17 nitrogen and oxygen atoms in total. The van der Waals surface area contributed by atoms with E-state index in [1.54, 1.807) is 24.3 Å². The van der Waals surface area contributed by atoms with Crippen molar-refractivity contribution >= 4 is 86.4 Å².